The molecule has 0 aliphatic carbocycles. The lowest BCUT2D eigenvalue weighted by molar-refractivity contribution is -0.130. The first-order valence-electron chi connectivity index (χ1n) is 9.21. The van der Waals surface area contributed by atoms with Crippen LogP contribution >= 0.6 is 0 Å². The van der Waals surface area contributed by atoms with Crippen LogP contribution in [0.4, 0.5) is 0 Å². The fourth-order valence-electron chi connectivity index (χ4n) is 3.37. The number of piperidine rings is 1. The Hall–Kier alpha value is -1.55. The molecule has 0 bridgehead atoms. The topological polar surface area (TPSA) is 32.8 Å². The van der Waals surface area contributed by atoms with Crippen molar-refractivity contribution >= 4 is 5.91 Å². The number of methoxy groups -OCH3 is 1. The van der Waals surface area contributed by atoms with Crippen LogP contribution in [0.1, 0.15) is 38.2 Å². The van der Waals surface area contributed by atoms with Crippen LogP contribution in [0, 0.1) is 5.92 Å². The molecule has 1 saturated heterocycles. The van der Waals surface area contributed by atoms with Gasteiger partial charge in [-0.05, 0) is 62.4 Å². The van der Waals surface area contributed by atoms with Gasteiger partial charge in [0, 0.05) is 26.6 Å². The number of nitrogens with zero attached hydrogens (tertiary/aromatic N) is 2. The summed E-state index contributed by atoms with van der Waals surface area (Å²) < 4.78 is 5.20. The van der Waals surface area contributed by atoms with Crippen LogP contribution in [0.5, 0.6) is 5.75 Å². The van der Waals surface area contributed by atoms with Crippen molar-refractivity contribution in [2.24, 2.45) is 5.92 Å². The van der Waals surface area contributed by atoms with Gasteiger partial charge in [0.05, 0.1) is 7.11 Å². The molecule has 1 aliphatic heterocycles. The van der Waals surface area contributed by atoms with Crippen molar-refractivity contribution < 1.29 is 9.53 Å². The number of hydrogen-bond acceptors (Lipinski definition) is 3. The number of carbonyl (C=O) groups excluding carboxylic acids is 1. The van der Waals surface area contributed by atoms with Crippen LogP contribution in [0.15, 0.2) is 24.3 Å². The van der Waals surface area contributed by atoms with E-state index in [2.05, 4.69) is 24.0 Å². The average molecular weight is 332 g/mol. The third kappa shape index (κ3) is 5.82. The number of hydrogen-bond donors (Lipinski definition) is 0. The Labute approximate surface area is 146 Å². The molecule has 0 radical (unpaired) electrons. The molecule has 0 aromatic heterocycles. The van der Waals surface area contributed by atoms with Gasteiger partial charge in [-0.3, -0.25) is 4.79 Å². The van der Waals surface area contributed by atoms with Gasteiger partial charge in [0.15, 0.2) is 0 Å². The van der Waals surface area contributed by atoms with Gasteiger partial charge in [0.2, 0.25) is 5.91 Å². The van der Waals surface area contributed by atoms with Crippen LogP contribution in [0.2, 0.25) is 0 Å². The Morgan fingerprint density at radius 1 is 1.25 bits per heavy atom. The van der Waals surface area contributed by atoms with Gasteiger partial charge in [-0.1, -0.05) is 19.1 Å². The summed E-state index contributed by atoms with van der Waals surface area (Å²) in [5, 5.41) is 0. The van der Waals surface area contributed by atoms with E-state index in [1.54, 1.807) is 7.11 Å². The van der Waals surface area contributed by atoms with Crippen molar-refractivity contribution in [3.8, 4) is 5.75 Å². The number of amides is 1. The van der Waals surface area contributed by atoms with E-state index in [1.165, 1.54) is 18.4 Å². The lowest BCUT2D eigenvalue weighted by Gasteiger charge is -2.34. The summed E-state index contributed by atoms with van der Waals surface area (Å²) in [6, 6.07) is 8.37. The van der Waals surface area contributed by atoms with E-state index < -0.39 is 0 Å². The first-order chi connectivity index (χ1) is 11.6. The average Bonchev–Trinajstić information content (AvgIpc) is 2.61. The van der Waals surface area contributed by atoms with Gasteiger partial charge in [-0.15, -0.1) is 0 Å². The van der Waals surface area contributed by atoms with E-state index in [-0.39, 0.29) is 0 Å². The molecule has 1 aromatic rings. The number of ether oxygens (including phenoxy) is 1. The molecular weight excluding hydrogens is 300 g/mol. The molecule has 1 aromatic carbocycles. The zero-order valence-electron chi connectivity index (χ0n) is 15.5. The Morgan fingerprint density at radius 2 is 1.92 bits per heavy atom. The summed E-state index contributed by atoms with van der Waals surface area (Å²) in [5.41, 5.74) is 1.36. The summed E-state index contributed by atoms with van der Waals surface area (Å²) in [4.78, 5) is 16.4. The molecule has 0 spiro atoms. The molecule has 0 unspecified atom stereocenters. The molecule has 0 N–H and O–H groups in total. The summed E-state index contributed by atoms with van der Waals surface area (Å²) in [5.74, 6) is 1.87. The summed E-state index contributed by atoms with van der Waals surface area (Å²) in [6.45, 7) is 6.40. The largest absolute Gasteiger partial charge is 0.497 e. The van der Waals surface area contributed by atoms with Crippen LogP contribution in [-0.2, 0) is 11.2 Å². The van der Waals surface area contributed by atoms with Crippen molar-refractivity contribution in [2.75, 3.05) is 40.3 Å². The third-order valence-corrected chi connectivity index (χ3v) is 5.00. The van der Waals surface area contributed by atoms with Gasteiger partial charge in [0.1, 0.15) is 5.75 Å². The molecular formula is C20H32N2O2. The Balaban J connectivity index is 1.67. The monoisotopic (exact) mass is 332 g/mol. The number of benzene rings is 1. The van der Waals surface area contributed by atoms with Gasteiger partial charge in [-0.2, -0.15) is 0 Å². The summed E-state index contributed by atoms with van der Waals surface area (Å²) in [6.07, 6.45) is 5.10. The Kier molecular flexibility index (Phi) is 7.57. The minimum atomic E-state index is 0.291. The second kappa shape index (κ2) is 9.67. The van der Waals surface area contributed by atoms with Crippen LogP contribution in [0.25, 0.3) is 0 Å². The second-order valence-electron chi connectivity index (χ2n) is 6.91. The highest BCUT2D eigenvalue weighted by molar-refractivity contribution is 5.75. The molecule has 1 heterocycles. The zero-order valence-corrected chi connectivity index (χ0v) is 15.5. The number of carbonyl (C=O) groups is 1. The van der Waals surface area contributed by atoms with Gasteiger partial charge in [-0.25, -0.2) is 0 Å². The first kappa shape index (κ1) is 18.8. The van der Waals surface area contributed by atoms with E-state index in [9.17, 15) is 4.79 Å². The summed E-state index contributed by atoms with van der Waals surface area (Å²) in [7, 11) is 3.65. The highest BCUT2D eigenvalue weighted by Gasteiger charge is 2.21. The number of rotatable bonds is 8. The molecule has 24 heavy (non-hydrogen) atoms. The predicted molar refractivity (Wildman–Crippen MR) is 98.4 cm³/mol. The molecule has 1 fully saturated rings. The molecule has 4 heteroatoms. The molecule has 4 nitrogen and oxygen atoms in total. The van der Waals surface area contributed by atoms with Crippen molar-refractivity contribution in [2.45, 2.75) is 39.0 Å². The first-order valence-corrected chi connectivity index (χ1v) is 9.21. The molecule has 2 rings (SSSR count). The Morgan fingerprint density at radius 3 is 2.50 bits per heavy atom. The molecule has 134 valence electrons. The highest BCUT2D eigenvalue weighted by Crippen LogP contribution is 2.19. The fraction of sp³-hybridized carbons (Fsp3) is 0.650. The van der Waals surface area contributed by atoms with Gasteiger partial charge in [0.25, 0.3) is 0 Å². The maximum atomic E-state index is 11.9. The van der Waals surface area contributed by atoms with Crippen LogP contribution in [0.3, 0.4) is 0 Å². The minimum absolute atomic E-state index is 0.291. The minimum Gasteiger partial charge on any atom is -0.497 e. The lowest BCUT2D eigenvalue weighted by Crippen LogP contribution is -2.40. The van der Waals surface area contributed by atoms with E-state index >= 15 is 0 Å². The van der Waals surface area contributed by atoms with Gasteiger partial charge < -0.3 is 14.5 Å². The molecule has 1 amide bonds. The fourth-order valence-corrected chi connectivity index (χ4v) is 3.37. The molecule has 0 saturated carbocycles. The Bertz CT molecular complexity index is 493. The van der Waals surface area contributed by atoms with E-state index in [0.717, 1.165) is 44.8 Å². The standard InChI is InChI=1S/C20H32N2O2/c1-4-5-20(23)21(2)16-18-11-14-22(15-12-18)13-10-17-6-8-19(24-3)9-7-17/h6-9,18H,4-5,10-16H2,1-3H3. The van der Waals surface area contributed by atoms with E-state index in [0.29, 0.717) is 18.2 Å². The maximum absolute atomic E-state index is 11.9. The second-order valence-corrected chi connectivity index (χ2v) is 6.91. The lowest BCUT2D eigenvalue weighted by atomic mass is 9.96. The quantitative estimate of drug-likeness (QED) is 0.733. The molecule has 0 atom stereocenters. The smallest absolute Gasteiger partial charge is 0.222 e. The van der Waals surface area contributed by atoms with Crippen molar-refractivity contribution in [3.05, 3.63) is 29.8 Å². The van der Waals surface area contributed by atoms with E-state index in [1.807, 2.05) is 24.1 Å². The third-order valence-electron chi connectivity index (χ3n) is 5.00. The van der Waals surface area contributed by atoms with Crippen molar-refractivity contribution in [1.82, 2.24) is 9.80 Å². The van der Waals surface area contributed by atoms with E-state index in [4.69, 9.17) is 4.74 Å². The highest BCUT2D eigenvalue weighted by atomic mass is 16.5. The van der Waals surface area contributed by atoms with Crippen molar-refractivity contribution in [3.63, 3.8) is 0 Å². The van der Waals surface area contributed by atoms with Crippen LogP contribution < -0.4 is 4.74 Å². The zero-order chi connectivity index (χ0) is 17.4. The SMILES string of the molecule is CCCC(=O)N(C)CC1CCN(CCc2ccc(OC)cc2)CC1. The van der Waals surface area contributed by atoms with Crippen LogP contribution in [-0.4, -0.2) is 56.0 Å². The summed E-state index contributed by atoms with van der Waals surface area (Å²) >= 11 is 0. The number of likely N-dealkylation sites (tertiary alicyclic amines) is 1. The predicted octanol–water partition coefficient (Wildman–Crippen LogP) is 3.21. The molecule has 1 aliphatic rings. The van der Waals surface area contributed by atoms with Gasteiger partial charge >= 0.3 is 0 Å². The normalized spacial score (nSPS) is 16.1. The maximum Gasteiger partial charge on any atom is 0.222 e. The van der Waals surface area contributed by atoms with Crippen molar-refractivity contribution in [1.29, 1.82) is 0 Å².